The highest BCUT2D eigenvalue weighted by molar-refractivity contribution is 5.78. The van der Waals surface area contributed by atoms with Crippen LogP contribution in [-0.4, -0.2) is 5.78 Å². The smallest absolute Gasteiger partial charge is 0.132 e. The molecule has 1 nitrogen and oxygen atoms in total. The van der Waals surface area contributed by atoms with Crippen LogP contribution >= 0.6 is 0 Å². The molecular weight excluding hydrogens is 124 g/mol. The van der Waals surface area contributed by atoms with Gasteiger partial charge >= 0.3 is 0 Å². The molecule has 0 fully saturated rings. The Morgan fingerprint density at radius 1 is 1.40 bits per heavy atom. The lowest BCUT2D eigenvalue weighted by atomic mass is 9.92. The van der Waals surface area contributed by atoms with E-state index in [4.69, 9.17) is 0 Å². The number of carbonyl (C=O) groups is 1. The Kier molecular flexibility index (Phi) is 4.33. The third-order valence-corrected chi connectivity index (χ3v) is 1.82. The molecular formula is C9H18O. The van der Waals surface area contributed by atoms with Gasteiger partial charge in [-0.1, -0.05) is 20.8 Å². The van der Waals surface area contributed by atoms with Crippen LogP contribution in [0, 0.1) is 11.8 Å². The average Bonchev–Trinajstić information content (AvgIpc) is 1.81. The van der Waals surface area contributed by atoms with Gasteiger partial charge in [0.25, 0.3) is 0 Å². The van der Waals surface area contributed by atoms with Crippen molar-refractivity contribution in [3.8, 4) is 0 Å². The summed E-state index contributed by atoms with van der Waals surface area (Å²) in [6.07, 6.45) is 2.04. The first-order chi connectivity index (χ1) is 4.57. The first kappa shape index (κ1) is 9.67. The van der Waals surface area contributed by atoms with Gasteiger partial charge in [0.2, 0.25) is 0 Å². The van der Waals surface area contributed by atoms with Crippen LogP contribution in [0.2, 0.25) is 0 Å². The molecule has 0 aromatic heterocycles. The summed E-state index contributed by atoms with van der Waals surface area (Å²) in [7, 11) is 0. The van der Waals surface area contributed by atoms with Gasteiger partial charge in [0.05, 0.1) is 0 Å². The molecule has 0 heterocycles. The predicted molar refractivity (Wildman–Crippen MR) is 43.9 cm³/mol. The van der Waals surface area contributed by atoms with Crippen LogP contribution in [0.4, 0.5) is 0 Å². The summed E-state index contributed by atoms with van der Waals surface area (Å²) >= 11 is 0. The second kappa shape index (κ2) is 4.48. The highest BCUT2D eigenvalue weighted by atomic mass is 16.1. The molecule has 0 aliphatic carbocycles. The maximum atomic E-state index is 10.9. The minimum Gasteiger partial charge on any atom is -0.300 e. The Bertz CT molecular complexity index is 105. The Labute approximate surface area is 63.8 Å². The third kappa shape index (κ3) is 3.65. The Hall–Kier alpha value is -0.330. The first-order valence-electron chi connectivity index (χ1n) is 4.08. The van der Waals surface area contributed by atoms with E-state index in [2.05, 4.69) is 20.8 Å². The van der Waals surface area contributed by atoms with Gasteiger partial charge in [-0.3, -0.25) is 4.79 Å². The summed E-state index contributed by atoms with van der Waals surface area (Å²) in [5.74, 6) is 1.30. The summed E-state index contributed by atoms with van der Waals surface area (Å²) in [5, 5.41) is 0. The Morgan fingerprint density at radius 2 is 1.90 bits per heavy atom. The van der Waals surface area contributed by atoms with Crippen LogP contribution in [0.5, 0.6) is 0 Å². The standard InChI is InChI=1S/C9H18O/c1-5-9(8(4)10)6-7(2)3/h7,9H,5-6H2,1-4H3. The van der Waals surface area contributed by atoms with E-state index >= 15 is 0 Å². The quantitative estimate of drug-likeness (QED) is 0.589. The van der Waals surface area contributed by atoms with Gasteiger partial charge in [0.1, 0.15) is 5.78 Å². The number of rotatable bonds is 4. The molecule has 0 radical (unpaired) electrons. The molecule has 0 aromatic rings. The molecule has 0 bridgehead atoms. The molecule has 0 rings (SSSR count). The molecule has 0 spiro atoms. The summed E-state index contributed by atoms with van der Waals surface area (Å²) in [5.41, 5.74) is 0. The number of hydrogen-bond donors (Lipinski definition) is 0. The van der Waals surface area contributed by atoms with Gasteiger partial charge in [0.15, 0.2) is 0 Å². The van der Waals surface area contributed by atoms with Gasteiger partial charge in [-0.15, -0.1) is 0 Å². The van der Waals surface area contributed by atoms with Crippen molar-refractivity contribution in [1.82, 2.24) is 0 Å². The van der Waals surface area contributed by atoms with E-state index in [-0.39, 0.29) is 0 Å². The molecule has 0 saturated carbocycles. The van der Waals surface area contributed by atoms with Crippen LogP contribution in [0.3, 0.4) is 0 Å². The van der Waals surface area contributed by atoms with Gasteiger partial charge in [-0.25, -0.2) is 0 Å². The normalized spacial score (nSPS) is 13.7. The molecule has 0 aliphatic rings. The van der Waals surface area contributed by atoms with Crippen molar-refractivity contribution < 1.29 is 4.79 Å². The summed E-state index contributed by atoms with van der Waals surface area (Å²) in [6, 6.07) is 0. The third-order valence-electron chi connectivity index (χ3n) is 1.82. The number of hydrogen-bond acceptors (Lipinski definition) is 1. The van der Waals surface area contributed by atoms with Crippen molar-refractivity contribution in [2.75, 3.05) is 0 Å². The molecule has 1 atom stereocenters. The predicted octanol–water partition coefficient (Wildman–Crippen LogP) is 2.65. The minimum absolute atomic E-state index is 0.306. The topological polar surface area (TPSA) is 17.1 Å². The van der Waals surface area contributed by atoms with Crippen molar-refractivity contribution in [1.29, 1.82) is 0 Å². The Morgan fingerprint density at radius 3 is 2.00 bits per heavy atom. The van der Waals surface area contributed by atoms with Crippen molar-refractivity contribution in [3.63, 3.8) is 0 Å². The maximum absolute atomic E-state index is 10.9. The van der Waals surface area contributed by atoms with E-state index < -0.39 is 0 Å². The van der Waals surface area contributed by atoms with Gasteiger partial charge < -0.3 is 0 Å². The SMILES string of the molecule is CCC(CC(C)C)C(C)=O. The van der Waals surface area contributed by atoms with Crippen LogP contribution < -0.4 is 0 Å². The van der Waals surface area contributed by atoms with E-state index in [1.807, 2.05) is 0 Å². The number of carbonyl (C=O) groups excluding carboxylic acids is 1. The van der Waals surface area contributed by atoms with Crippen molar-refractivity contribution in [2.24, 2.45) is 11.8 Å². The van der Waals surface area contributed by atoms with Gasteiger partial charge in [0, 0.05) is 5.92 Å². The van der Waals surface area contributed by atoms with Crippen molar-refractivity contribution >= 4 is 5.78 Å². The van der Waals surface area contributed by atoms with Crippen LogP contribution in [0.15, 0.2) is 0 Å². The molecule has 0 aliphatic heterocycles. The van der Waals surface area contributed by atoms with E-state index in [1.165, 1.54) is 0 Å². The summed E-state index contributed by atoms with van der Waals surface area (Å²) in [4.78, 5) is 10.9. The zero-order valence-corrected chi connectivity index (χ0v) is 7.48. The molecule has 60 valence electrons. The zero-order valence-electron chi connectivity index (χ0n) is 7.48. The lowest BCUT2D eigenvalue weighted by Crippen LogP contribution is -2.12. The lowest BCUT2D eigenvalue weighted by molar-refractivity contribution is -0.121. The second-order valence-corrected chi connectivity index (χ2v) is 3.35. The Balaban J connectivity index is 3.72. The van der Waals surface area contributed by atoms with Crippen LogP contribution in [0.1, 0.15) is 40.5 Å². The molecule has 10 heavy (non-hydrogen) atoms. The highest BCUT2D eigenvalue weighted by Gasteiger charge is 2.12. The number of ketones is 1. The molecule has 0 saturated heterocycles. The highest BCUT2D eigenvalue weighted by Crippen LogP contribution is 2.15. The van der Waals surface area contributed by atoms with E-state index in [0.29, 0.717) is 17.6 Å². The monoisotopic (exact) mass is 142 g/mol. The van der Waals surface area contributed by atoms with Crippen molar-refractivity contribution in [3.05, 3.63) is 0 Å². The van der Waals surface area contributed by atoms with E-state index in [9.17, 15) is 4.79 Å². The van der Waals surface area contributed by atoms with Crippen LogP contribution in [0.25, 0.3) is 0 Å². The second-order valence-electron chi connectivity index (χ2n) is 3.35. The van der Waals surface area contributed by atoms with Gasteiger partial charge in [-0.05, 0) is 25.7 Å². The van der Waals surface area contributed by atoms with E-state index in [1.54, 1.807) is 6.92 Å². The van der Waals surface area contributed by atoms with Crippen LogP contribution in [-0.2, 0) is 4.79 Å². The minimum atomic E-state index is 0.306. The fraction of sp³-hybridized carbons (Fsp3) is 0.889. The van der Waals surface area contributed by atoms with Gasteiger partial charge in [-0.2, -0.15) is 0 Å². The molecule has 0 aromatic carbocycles. The summed E-state index contributed by atoms with van der Waals surface area (Å²) in [6.45, 7) is 8.09. The molecule has 0 N–H and O–H groups in total. The largest absolute Gasteiger partial charge is 0.300 e. The molecule has 1 heteroatoms. The van der Waals surface area contributed by atoms with Crippen molar-refractivity contribution in [2.45, 2.75) is 40.5 Å². The fourth-order valence-electron chi connectivity index (χ4n) is 1.19. The lowest BCUT2D eigenvalue weighted by Gasteiger charge is -2.12. The zero-order chi connectivity index (χ0) is 8.15. The number of Topliss-reactive ketones (excluding diaryl/α,β-unsaturated/α-hetero) is 1. The fourth-order valence-corrected chi connectivity index (χ4v) is 1.19. The molecule has 0 amide bonds. The molecule has 1 unspecified atom stereocenters. The first-order valence-corrected chi connectivity index (χ1v) is 4.08. The average molecular weight is 142 g/mol. The van der Waals surface area contributed by atoms with E-state index in [0.717, 1.165) is 12.8 Å². The maximum Gasteiger partial charge on any atom is 0.132 e. The summed E-state index contributed by atoms with van der Waals surface area (Å²) < 4.78 is 0.